The Bertz CT molecular complexity index is 884. The van der Waals surface area contributed by atoms with E-state index in [1.165, 1.54) is 6.08 Å². The predicted molar refractivity (Wildman–Crippen MR) is 99.8 cm³/mol. The van der Waals surface area contributed by atoms with Gasteiger partial charge in [0.25, 0.3) is 0 Å². The van der Waals surface area contributed by atoms with E-state index in [0.717, 1.165) is 16.8 Å². The van der Waals surface area contributed by atoms with E-state index >= 15 is 0 Å². The molecule has 1 amide bonds. The van der Waals surface area contributed by atoms with Crippen LogP contribution in [0.1, 0.15) is 29.8 Å². The van der Waals surface area contributed by atoms with Crippen molar-refractivity contribution in [2.45, 2.75) is 19.9 Å². The number of carbonyl (C=O) groups is 1. The molecule has 1 N–H and O–H groups in total. The van der Waals surface area contributed by atoms with Gasteiger partial charge in [0.15, 0.2) is 0 Å². The molecule has 5 nitrogen and oxygen atoms in total. The van der Waals surface area contributed by atoms with Crippen LogP contribution in [0.2, 0.25) is 0 Å². The molecule has 1 atom stereocenters. The number of benzene rings is 1. The van der Waals surface area contributed by atoms with Crippen molar-refractivity contribution in [3.63, 3.8) is 0 Å². The van der Waals surface area contributed by atoms with Gasteiger partial charge in [0.1, 0.15) is 11.5 Å². The van der Waals surface area contributed by atoms with Crippen LogP contribution in [0.15, 0.2) is 71.7 Å². The van der Waals surface area contributed by atoms with Crippen molar-refractivity contribution in [1.82, 2.24) is 10.3 Å². The molecule has 1 aromatic carbocycles. The van der Waals surface area contributed by atoms with E-state index in [1.807, 2.05) is 50.2 Å². The highest BCUT2D eigenvalue weighted by atomic mass is 16.5. The van der Waals surface area contributed by atoms with Gasteiger partial charge in [-0.3, -0.25) is 9.78 Å². The first-order valence-corrected chi connectivity index (χ1v) is 8.31. The van der Waals surface area contributed by atoms with Crippen molar-refractivity contribution in [1.29, 1.82) is 0 Å². The maximum atomic E-state index is 12.1. The van der Waals surface area contributed by atoms with Crippen molar-refractivity contribution in [2.24, 2.45) is 0 Å². The fourth-order valence-corrected chi connectivity index (χ4v) is 2.38. The molecule has 132 valence electrons. The molecule has 2 aromatic heterocycles. The van der Waals surface area contributed by atoms with E-state index in [2.05, 4.69) is 10.3 Å². The summed E-state index contributed by atoms with van der Waals surface area (Å²) in [5.74, 6) is 1.20. The van der Waals surface area contributed by atoms with Gasteiger partial charge in [-0.2, -0.15) is 0 Å². The lowest BCUT2D eigenvalue weighted by Gasteiger charge is -2.14. The second-order valence-electron chi connectivity index (χ2n) is 5.93. The summed E-state index contributed by atoms with van der Waals surface area (Å²) in [6.45, 7) is 3.85. The van der Waals surface area contributed by atoms with E-state index in [-0.39, 0.29) is 11.9 Å². The number of hydrogen-bond acceptors (Lipinski definition) is 4. The normalized spacial score (nSPS) is 12.1. The molecule has 5 heteroatoms. The van der Waals surface area contributed by atoms with Crippen LogP contribution in [0.3, 0.4) is 0 Å². The minimum atomic E-state index is -0.173. The SMILES string of the molecule is Cc1ccc(Oc2cccc([C@H](C)NC(=O)C=Cc3ccoc3)c2)cn1. The number of rotatable bonds is 6. The van der Waals surface area contributed by atoms with Crippen LogP contribution < -0.4 is 10.1 Å². The highest BCUT2D eigenvalue weighted by Crippen LogP contribution is 2.24. The summed E-state index contributed by atoms with van der Waals surface area (Å²) < 4.78 is 10.8. The van der Waals surface area contributed by atoms with Crippen LogP contribution in [-0.2, 0) is 4.79 Å². The number of carbonyl (C=O) groups excluding carboxylic acids is 1. The first kappa shape index (κ1) is 17.5. The van der Waals surface area contributed by atoms with Crippen molar-refractivity contribution < 1.29 is 13.9 Å². The number of nitrogens with one attached hydrogen (secondary N) is 1. The second kappa shape index (κ2) is 8.16. The van der Waals surface area contributed by atoms with Gasteiger partial charge in [0.05, 0.1) is 24.8 Å². The zero-order valence-corrected chi connectivity index (χ0v) is 14.7. The molecular formula is C21H20N2O3. The topological polar surface area (TPSA) is 64.4 Å². The monoisotopic (exact) mass is 348 g/mol. The molecule has 2 heterocycles. The molecular weight excluding hydrogens is 328 g/mol. The van der Waals surface area contributed by atoms with Gasteiger partial charge in [-0.05, 0) is 55.8 Å². The molecule has 0 unspecified atom stereocenters. The number of nitrogens with zero attached hydrogens (tertiary/aromatic N) is 1. The Balaban J connectivity index is 1.63. The average molecular weight is 348 g/mol. The van der Waals surface area contributed by atoms with Crippen LogP contribution in [0.5, 0.6) is 11.5 Å². The van der Waals surface area contributed by atoms with E-state index in [1.54, 1.807) is 30.9 Å². The molecule has 0 aliphatic rings. The summed E-state index contributed by atoms with van der Waals surface area (Å²) in [7, 11) is 0. The van der Waals surface area contributed by atoms with Gasteiger partial charge in [0, 0.05) is 17.3 Å². The van der Waals surface area contributed by atoms with E-state index < -0.39 is 0 Å². The third-order valence-corrected chi connectivity index (χ3v) is 3.81. The van der Waals surface area contributed by atoms with E-state index in [4.69, 9.17) is 9.15 Å². The van der Waals surface area contributed by atoms with E-state index in [9.17, 15) is 4.79 Å². The van der Waals surface area contributed by atoms with Crippen LogP contribution in [0.25, 0.3) is 6.08 Å². The van der Waals surface area contributed by atoms with Gasteiger partial charge >= 0.3 is 0 Å². The summed E-state index contributed by atoms with van der Waals surface area (Å²) in [5.41, 5.74) is 2.73. The Hall–Kier alpha value is -3.34. The molecule has 0 aliphatic heterocycles. The Kier molecular flexibility index (Phi) is 5.49. The minimum absolute atomic E-state index is 0.156. The predicted octanol–water partition coefficient (Wildman–Crippen LogP) is 4.67. The molecule has 0 fully saturated rings. The quantitative estimate of drug-likeness (QED) is 0.658. The van der Waals surface area contributed by atoms with Crippen molar-refractivity contribution in [3.05, 3.63) is 84.1 Å². The number of amides is 1. The van der Waals surface area contributed by atoms with Gasteiger partial charge in [-0.25, -0.2) is 0 Å². The molecule has 3 rings (SSSR count). The molecule has 0 bridgehead atoms. The van der Waals surface area contributed by atoms with Crippen molar-refractivity contribution >= 4 is 12.0 Å². The number of furan rings is 1. The average Bonchev–Trinajstić information content (AvgIpc) is 3.16. The summed E-state index contributed by atoms with van der Waals surface area (Å²) in [5, 5.41) is 2.93. The maximum absolute atomic E-state index is 12.1. The first-order chi connectivity index (χ1) is 12.6. The summed E-state index contributed by atoms with van der Waals surface area (Å²) in [6.07, 6.45) is 8.02. The standard InChI is InChI=1S/C21H20N2O3/c1-15-6-8-20(13-22-15)26-19-5-3-4-18(12-19)16(2)23-21(24)9-7-17-10-11-25-14-17/h3-14,16H,1-2H3,(H,23,24)/t16-/m0/s1. The van der Waals surface area contributed by atoms with E-state index in [0.29, 0.717) is 11.5 Å². The zero-order valence-electron chi connectivity index (χ0n) is 14.7. The number of aryl methyl sites for hydroxylation is 1. The fraction of sp³-hybridized carbons (Fsp3) is 0.143. The second-order valence-corrected chi connectivity index (χ2v) is 5.93. The first-order valence-electron chi connectivity index (χ1n) is 8.31. The number of aromatic nitrogens is 1. The Morgan fingerprint density at radius 3 is 2.85 bits per heavy atom. The Morgan fingerprint density at radius 1 is 1.23 bits per heavy atom. The molecule has 0 aliphatic carbocycles. The van der Waals surface area contributed by atoms with Gasteiger partial charge < -0.3 is 14.5 Å². The zero-order chi connectivity index (χ0) is 18.4. The Morgan fingerprint density at radius 2 is 2.12 bits per heavy atom. The number of ether oxygens (including phenoxy) is 1. The van der Waals surface area contributed by atoms with Crippen LogP contribution in [0, 0.1) is 6.92 Å². The summed E-state index contributed by atoms with van der Waals surface area (Å²) >= 11 is 0. The maximum Gasteiger partial charge on any atom is 0.244 e. The lowest BCUT2D eigenvalue weighted by Crippen LogP contribution is -2.24. The number of hydrogen-bond donors (Lipinski definition) is 1. The summed E-state index contributed by atoms with van der Waals surface area (Å²) in [4.78, 5) is 16.3. The van der Waals surface area contributed by atoms with Gasteiger partial charge in [-0.1, -0.05) is 12.1 Å². The molecule has 3 aromatic rings. The largest absolute Gasteiger partial charge is 0.472 e. The van der Waals surface area contributed by atoms with Crippen molar-refractivity contribution in [2.75, 3.05) is 0 Å². The molecule has 0 saturated carbocycles. The van der Waals surface area contributed by atoms with Crippen molar-refractivity contribution in [3.8, 4) is 11.5 Å². The molecule has 26 heavy (non-hydrogen) atoms. The lowest BCUT2D eigenvalue weighted by atomic mass is 10.1. The lowest BCUT2D eigenvalue weighted by molar-refractivity contribution is -0.117. The van der Waals surface area contributed by atoms with Gasteiger partial charge in [-0.15, -0.1) is 0 Å². The fourth-order valence-electron chi connectivity index (χ4n) is 2.38. The Labute approximate surface area is 152 Å². The minimum Gasteiger partial charge on any atom is -0.472 e. The third kappa shape index (κ3) is 4.83. The molecule has 0 spiro atoms. The van der Waals surface area contributed by atoms with Crippen LogP contribution >= 0.6 is 0 Å². The van der Waals surface area contributed by atoms with Crippen LogP contribution in [0.4, 0.5) is 0 Å². The number of pyridine rings is 1. The third-order valence-electron chi connectivity index (χ3n) is 3.81. The highest BCUT2D eigenvalue weighted by Gasteiger charge is 2.09. The molecule has 0 saturated heterocycles. The van der Waals surface area contributed by atoms with Gasteiger partial charge in [0.2, 0.25) is 5.91 Å². The summed E-state index contributed by atoms with van der Waals surface area (Å²) in [6, 6.07) is 13.0. The highest BCUT2D eigenvalue weighted by molar-refractivity contribution is 5.91. The van der Waals surface area contributed by atoms with Crippen LogP contribution in [-0.4, -0.2) is 10.9 Å². The smallest absolute Gasteiger partial charge is 0.244 e. The molecule has 0 radical (unpaired) electrons.